The fraction of sp³-hybridized carbons (Fsp3) is 0.750. The third kappa shape index (κ3) is 3.51. The lowest BCUT2D eigenvalue weighted by Gasteiger charge is -2.42. The van der Waals surface area contributed by atoms with Gasteiger partial charge in [-0.1, -0.05) is 13.8 Å². The van der Waals surface area contributed by atoms with E-state index in [9.17, 15) is 9.59 Å². The number of nitrogens with one attached hydrogen (secondary N) is 1. The molecule has 1 spiro atoms. The second-order valence-electron chi connectivity index (χ2n) is 8.84. The number of aromatic nitrogens is 1. The number of nitrogens with zero attached hydrogens (tertiary/aromatic N) is 3. The van der Waals surface area contributed by atoms with Crippen LogP contribution in [0.15, 0.2) is 5.38 Å². The van der Waals surface area contributed by atoms with Crippen molar-refractivity contribution in [3.05, 3.63) is 16.1 Å². The second-order valence-corrected chi connectivity index (χ2v) is 9.91. The topological polar surface area (TPSA) is 65.5 Å². The lowest BCUT2D eigenvalue weighted by atomic mass is 9.75. The maximum Gasteiger partial charge on any atom is 0.273 e. The quantitative estimate of drug-likeness (QED) is 0.856. The molecule has 0 bridgehead atoms. The van der Waals surface area contributed by atoms with Crippen LogP contribution in [0.2, 0.25) is 0 Å². The van der Waals surface area contributed by atoms with Crippen LogP contribution < -0.4 is 5.32 Å². The molecule has 1 N–H and O–H groups in total. The van der Waals surface area contributed by atoms with Gasteiger partial charge < -0.3 is 15.1 Å². The highest BCUT2D eigenvalue weighted by Gasteiger charge is 2.57. The lowest BCUT2D eigenvalue weighted by Crippen LogP contribution is -2.56. The molecule has 0 saturated carbocycles. The zero-order valence-corrected chi connectivity index (χ0v) is 17.3. The van der Waals surface area contributed by atoms with Gasteiger partial charge in [-0.05, 0) is 38.6 Å². The summed E-state index contributed by atoms with van der Waals surface area (Å²) in [5.41, 5.74) is 0.436. The molecule has 1 aromatic heterocycles. The maximum atomic E-state index is 12.7. The Morgan fingerprint density at radius 2 is 2.11 bits per heavy atom. The zero-order valence-electron chi connectivity index (χ0n) is 16.5. The van der Waals surface area contributed by atoms with Crippen molar-refractivity contribution in [2.75, 3.05) is 32.7 Å². The van der Waals surface area contributed by atoms with Crippen molar-refractivity contribution >= 4 is 23.2 Å². The number of likely N-dealkylation sites (tertiary alicyclic amines) is 2. The van der Waals surface area contributed by atoms with Crippen molar-refractivity contribution in [3.63, 3.8) is 0 Å². The van der Waals surface area contributed by atoms with Crippen molar-refractivity contribution in [2.24, 2.45) is 17.8 Å². The van der Waals surface area contributed by atoms with Crippen LogP contribution in [0.4, 0.5) is 0 Å². The number of carbonyl (C=O) groups is 2. The van der Waals surface area contributed by atoms with Gasteiger partial charge in [0.2, 0.25) is 5.91 Å². The summed E-state index contributed by atoms with van der Waals surface area (Å²) in [7, 11) is 0. The third-order valence-electron chi connectivity index (χ3n) is 6.62. The maximum absolute atomic E-state index is 12.7. The number of fused-ring (bicyclic) bond motifs is 2. The average molecular weight is 391 g/mol. The minimum absolute atomic E-state index is 0.0278. The van der Waals surface area contributed by atoms with Gasteiger partial charge >= 0.3 is 0 Å². The van der Waals surface area contributed by atoms with Crippen LogP contribution in [0.5, 0.6) is 0 Å². The Morgan fingerprint density at radius 1 is 1.37 bits per heavy atom. The largest absolute Gasteiger partial charge is 0.350 e. The standard InChI is InChI=1S/C20H30N4O2S/c1-13(2)4-7-23-10-15-16(11-23)20(22-18(15)25)5-8-24(9-6-20)19(26)17-12-27-14(3)21-17/h12-13,15-16H,4-11H2,1-3H3,(H,22,25)/t15-,16+/m1/s1. The highest BCUT2D eigenvalue weighted by atomic mass is 32.1. The van der Waals surface area contributed by atoms with Gasteiger partial charge in [0.15, 0.2) is 0 Å². The molecule has 4 rings (SSSR count). The minimum atomic E-state index is -0.122. The number of carbonyl (C=O) groups excluding carboxylic acids is 2. The molecule has 3 aliphatic heterocycles. The van der Waals surface area contributed by atoms with E-state index in [0.717, 1.165) is 37.5 Å². The van der Waals surface area contributed by atoms with E-state index in [4.69, 9.17) is 0 Å². The molecule has 3 fully saturated rings. The molecule has 6 nitrogen and oxygen atoms in total. The number of amides is 2. The van der Waals surface area contributed by atoms with Gasteiger partial charge in [0.1, 0.15) is 5.69 Å². The predicted octanol–water partition coefficient (Wildman–Crippen LogP) is 2.15. The van der Waals surface area contributed by atoms with Crippen molar-refractivity contribution in [3.8, 4) is 0 Å². The summed E-state index contributed by atoms with van der Waals surface area (Å²) in [5.74, 6) is 1.45. The van der Waals surface area contributed by atoms with Crippen LogP contribution in [0, 0.1) is 24.7 Å². The van der Waals surface area contributed by atoms with Crippen molar-refractivity contribution in [2.45, 2.75) is 45.6 Å². The molecule has 2 amide bonds. The molecule has 2 atom stereocenters. The Bertz CT molecular complexity index is 723. The molecule has 3 saturated heterocycles. The van der Waals surface area contributed by atoms with E-state index < -0.39 is 0 Å². The van der Waals surface area contributed by atoms with Gasteiger partial charge in [-0.15, -0.1) is 11.3 Å². The first-order chi connectivity index (χ1) is 12.9. The van der Waals surface area contributed by atoms with Crippen LogP contribution in [0.3, 0.4) is 0 Å². The van der Waals surface area contributed by atoms with Gasteiger partial charge in [0.25, 0.3) is 5.91 Å². The summed E-state index contributed by atoms with van der Waals surface area (Å²) >= 11 is 1.51. The monoisotopic (exact) mass is 390 g/mol. The summed E-state index contributed by atoms with van der Waals surface area (Å²) in [6, 6.07) is 0. The summed E-state index contributed by atoms with van der Waals surface area (Å²) in [6.45, 7) is 10.8. The Labute approximate surface area is 165 Å². The minimum Gasteiger partial charge on any atom is -0.350 e. The van der Waals surface area contributed by atoms with Crippen molar-refractivity contribution in [1.82, 2.24) is 20.1 Å². The Kier molecular flexibility index (Phi) is 5.01. The third-order valence-corrected chi connectivity index (χ3v) is 7.39. The first-order valence-electron chi connectivity index (χ1n) is 10.1. The first-order valence-corrected chi connectivity index (χ1v) is 11.0. The van der Waals surface area contributed by atoms with Crippen LogP contribution in [-0.4, -0.2) is 64.9 Å². The molecular weight excluding hydrogens is 360 g/mol. The number of hydrogen-bond donors (Lipinski definition) is 1. The van der Waals surface area contributed by atoms with Crippen LogP contribution in [0.1, 0.15) is 48.6 Å². The van der Waals surface area contributed by atoms with Gasteiger partial charge in [0, 0.05) is 43.0 Å². The van der Waals surface area contributed by atoms with Gasteiger partial charge in [0.05, 0.1) is 10.9 Å². The number of aryl methyl sites for hydroxylation is 1. The summed E-state index contributed by atoms with van der Waals surface area (Å²) < 4.78 is 0. The molecule has 27 heavy (non-hydrogen) atoms. The number of hydrogen-bond acceptors (Lipinski definition) is 5. The van der Waals surface area contributed by atoms with Crippen LogP contribution >= 0.6 is 11.3 Å². The molecule has 1 aromatic rings. The molecular formula is C20H30N4O2S. The fourth-order valence-corrected chi connectivity index (χ4v) is 5.58. The highest BCUT2D eigenvalue weighted by Crippen LogP contribution is 2.44. The molecule has 148 valence electrons. The molecule has 3 aliphatic rings. The Morgan fingerprint density at radius 3 is 2.74 bits per heavy atom. The molecule has 7 heteroatoms. The Balaban J connectivity index is 1.40. The summed E-state index contributed by atoms with van der Waals surface area (Å²) in [4.78, 5) is 34.0. The molecule has 4 heterocycles. The van der Waals surface area contributed by atoms with E-state index in [0.29, 0.717) is 30.6 Å². The number of piperidine rings is 1. The van der Waals surface area contributed by atoms with E-state index in [1.165, 1.54) is 17.8 Å². The number of thiazole rings is 1. The first kappa shape index (κ1) is 18.9. The van der Waals surface area contributed by atoms with Crippen molar-refractivity contribution < 1.29 is 9.59 Å². The predicted molar refractivity (Wildman–Crippen MR) is 106 cm³/mol. The zero-order chi connectivity index (χ0) is 19.2. The van der Waals surface area contributed by atoms with Crippen molar-refractivity contribution in [1.29, 1.82) is 0 Å². The highest BCUT2D eigenvalue weighted by molar-refractivity contribution is 7.09. The number of rotatable bonds is 4. The van der Waals surface area contributed by atoms with E-state index in [2.05, 4.69) is 29.0 Å². The van der Waals surface area contributed by atoms with E-state index in [-0.39, 0.29) is 23.3 Å². The van der Waals surface area contributed by atoms with Gasteiger partial charge in [-0.2, -0.15) is 0 Å². The van der Waals surface area contributed by atoms with Crippen LogP contribution in [-0.2, 0) is 4.79 Å². The summed E-state index contributed by atoms with van der Waals surface area (Å²) in [6.07, 6.45) is 2.89. The summed E-state index contributed by atoms with van der Waals surface area (Å²) in [5, 5.41) is 6.11. The lowest BCUT2D eigenvalue weighted by molar-refractivity contribution is -0.123. The second kappa shape index (κ2) is 7.17. The van der Waals surface area contributed by atoms with E-state index >= 15 is 0 Å². The Hall–Kier alpha value is -1.47. The van der Waals surface area contributed by atoms with Crippen LogP contribution in [0.25, 0.3) is 0 Å². The van der Waals surface area contributed by atoms with Gasteiger partial charge in [-0.25, -0.2) is 4.98 Å². The SMILES string of the molecule is Cc1nc(C(=O)N2CCC3(CC2)NC(=O)[C@@H]2CN(CCC(C)C)C[C@@H]23)cs1. The normalized spacial score (nSPS) is 27.4. The molecule has 0 aliphatic carbocycles. The van der Waals surface area contributed by atoms with Gasteiger partial charge in [-0.3, -0.25) is 9.59 Å². The molecule has 0 radical (unpaired) electrons. The fourth-order valence-electron chi connectivity index (χ4n) is 4.99. The smallest absolute Gasteiger partial charge is 0.273 e. The average Bonchev–Trinajstić information content (AvgIpc) is 3.31. The van der Waals surface area contributed by atoms with E-state index in [1.54, 1.807) is 0 Å². The van der Waals surface area contributed by atoms with E-state index in [1.807, 2.05) is 17.2 Å². The molecule has 0 unspecified atom stereocenters. The molecule has 0 aromatic carbocycles.